The monoisotopic (exact) mass is 320 g/mol. The van der Waals surface area contributed by atoms with E-state index in [0.717, 1.165) is 31.4 Å². The lowest BCUT2D eigenvalue weighted by atomic mass is 10.0. The molecule has 126 valence electrons. The number of aryl methyl sites for hydroxylation is 1. The van der Waals surface area contributed by atoms with Gasteiger partial charge in [0.2, 0.25) is 0 Å². The van der Waals surface area contributed by atoms with Crippen LogP contribution in [0.3, 0.4) is 0 Å². The largest absolute Gasteiger partial charge is 0.484 e. The first-order valence-electron chi connectivity index (χ1n) is 7.95. The molecule has 1 aromatic rings. The molecule has 1 aliphatic heterocycles. The summed E-state index contributed by atoms with van der Waals surface area (Å²) in [6.45, 7) is 2.26. The highest BCUT2D eigenvalue weighted by atomic mass is 16.5. The van der Waals surface area contributed by atoms with Gasteiger partial charge < -0.3 is 24.5 Å². The number of hydrogen-bond donors (Lipinski definition) is 1. The topological polar surface area (TPSA) is 67.9 Å². The maximum Gasteiger partial charge on any atom is 0.258 e. The Morgan fingerprint density at radius 1 is 1.39 bits per heavy atom. The zero-order chi connectivity index (χ0) is 16.5. The number of carbonyl (C=O) groups is 2. The summed E-state index contributed by atoms with van der Waals surface area (Å²) < 4.78 is 10.7. The number of ether oxygens (including phenoxy) is 2. The van der Waals surface area contributed by atoms with Gasteiger partial charge in [-0.3, -0.25) is 4.79 Å². The van der Waals surface area contributed by atoms with Crippen molar-refractivity contribution < 1.29 is 19.1 Å². The highest BCUT2D eigenvalue weighted by Gasteiger charge is 2.14. The van der Waals surface area contributed by atoms with Crippen molar-refractivity contribution in [1.82, 2.24) is 5.32 Å². The summed E-state index contributed by atoms with van der Waals surface area (Å²) >= 11 is 0. The quantitative estimate of drug-likeness (QED) is 0.546. The normalized spacial score (nSPS) is 13.3. The number of rotatable bonds is 9. The molecule has 6 nitrogen and oxygen atoms in total. The summed E-state index contributed by atoms with van der Waals surface area (Å²) in [4.78, 5) is 24.0. The molecule has 0 bridgehead atoms. The van der Waals surface area contributed by atoms with E-state index in [-0.39, 0.29) is 12.5 Å². The van der Waals surface area contributed by atoms with Crippen molar-refractivity contribution in [2.24, 2.45) is 0 Å². The molecule has 0 unspecified atom stereocenters. The Balaban J connectivity index is 1.69. The number of hydrogen-bond acceptors (Lipinski definition) is 5. The standard InChI is InChI=1S/C17H24N2O4/c1-19-8-2-4-14-12-15(5-6-16(14)19)23-13-17(21)18-7-11-22-10-3-9-20/h5-6,9,12H,2-4,7-8,10-11,13H2,1H3,(H,18,21). The van der Waals surface area contributed by atoms with Crippen LogP contribution in [0.15, 0.2) is 18.2 Å². The van der Waals surface area contributed by atoms with Gasteiger partial charge in [-0.1, -0.05) is 0 Å². The molecule has 1 amide bonds. The molecule has 23 heavy (non-hydrogen) atoms. The van der Waals surface area contributed by atoms with Crippen molar-refractivity contribution in [2.45, 2.75) is 19.3 Å². The predicted molar refractivity (Wildman–Crippen MR) is 88.0 cm³/mol. The van der Waals surface area contributed by atoms with Crippen LogP contribution in [0.1, 0.15) is 18.4 Å². The smallest absolute Gasteiger partial charge is 0.258 e. The Kier molecular flexibility index (Phi) is 6.87. The molecule has 1 aromatic carbocycles. The minimum atomic E-state index is -0.182. The SMILES string of the molecule is CN1CCCc2cc(OCC(=O)NCCOCCC=O)ccc21. The van der Waals surface area contributed by atoms with E-state index in [1.807, 2.05) is 18.2 Å². The lowest BCUT2D eigenvalue weighted by Crippen LogP contribution is -2.31. The van der Waals surface area contributed by atoms with Crippen molar-refractivity contribution in [3.05, 3.63) is 23.8 Å². The van der Waals surface area contributed by atoms with Crippen LogP contribution in [0.4, 0.5) is 5.69 Å². The van der Waals surface area contributed by atoms with Crippen molar-refractivity contribution in [2.75, 3.05) is 44.9 Å². The molecule has 0 atom stereocenters. The molecular weight excluding hydrogens is 296 g/mol. The first-order chi connectivity index (χ1) is 11.2. The molecule has 0 aliphatic carbocycles. The van der Waals surface area contributed by atoms with Crippen LogP contribution in [0, 0.1) is 0 Å². The summed E-state index contributed by atoms with van der Waals surface area (Å²) in [5.74, 6) is 0.537. The highest BCUT2D eigenvalue weighted by molar-refractivity contribution is 5.77. The fraction of sp³-hybridized carbons (Fsp3) is 0.529. The van der Waals surface area contributed by atoms with Crippen LogP contribution in [0.2, 0.25) is 0 Å². The zero-order valence-electron chi connectivity index (χ0n) is 13.5. The van der Waals surface area contributed by atoms with E-state index in [4.69, 9.17) is 9.47 Å². The second-order valence-electron chi connectivity index (χ2n) is 5.52. The number of benzene rings is 1. The number of fused-ring (bicyclic) bond motifs is 1. The third kappa shape index (κ3) is 5.56. The highest BCUT2D eigenvalue weighted by Crippen LogP contribution is 2.29. The first-order valence-corrected chi connectivity index (χ1v) is 7.95. The van der Waals surface area contributed by atoms with Gasteiger partial charge in [-0.25, -0.2) is 0 Å². The predicted octanol–water partition coefficient (Wildman–Crippen LogP) is 1.17. The van der Waals surface area contributed by atoms with E-state index in [9.17, 15) is 9.59 Å². The van der Waals surface area contributed by atoms with Crippen molar-refractivity contribution in [3.63, 3.8) is 0 Å². The van der Waals surface area contributed by atoms with Crippen LogP contribution in [0.25, 0.3) is 0 Å². The van der Waals surface area contributed by atoms with E-state index in [1.165, 1.54) is 11.3 Å². The molecule has 2 rings (SSSR count). The Labute approximate surface area is 136 Å². The van der Waals surface area contributed by atoms with Gasteiger partial charge in [-0.2, -0.15) is 0 Å². The molecule has 0 spiro atoms. The van der Waals surface area contributed by atoms with Gasteiger partial charge in [-0.15, -0.1) is 0 Å². The van der Waals surface area contributed by atoms with E-state index in [1.54, 1.807) is 0 Å². The molecule has 0 saturated heterocycles. The Morgan fingerprint density at radius 3 is 3.09 bits per heavy atom. The molecule has 1 heterocycles. The van der Waals surface area contributed by atoms with Crippen molar-refractivity contribution >= 4 is 17.9 Å². The third-order valence-corrected chi connectivity index (χ3v) is 3.72. The van der Waals surface area contributed by atoms with Gasteiger partial charge in [0.15, 0.2) is 6.61 Å². The second kappa shape index (κ2) is 9.15. The van der Waals surface area contributed by atoms with Gasteiger partial charge >= 0.3 is 0 Å². The molecule has 0 aromatic heterocycles. The third-order valence-electron chi connectivity index (χ3n) is 3.72. The number of anilines is 1. The first kappa shape index (κ1) is 17.3. The van der Waals surface area contributed by atoms with Gasteiger partial charge in [-0.05, 0) is 36.6 Å². The van der Waals surface area contributed by atoms with E-state index < -0.39 is 0 Å². The van der Waals surface area contributed by atoms with Crippen LogP contribution < -0.4 is 15.0 Å². The average molecular weight is 320 g/mol. The molecule has 6 heteroatoms. The fourth-order valence-electron chi connectivity index (χ4n) is 2.55. The minimum Gasteiger partial charge on any atom is -0.484 e. The molecule has 0 saturated carbocycles. The summed E-state index contributed by atoms with van der Waals surface area (Å²) in [6.07, 6.45) is 3.37. The number of amides is 1. The minimum absolute atomic E-state index is 0.0109. The Morgan fingerprint density at radius 2 is 2.26 bits per heavy atom. The average Bonchev–Trinajstić information content (AvgIpc) is 2.56. The van der Waals surface area contributed by atoms with Crippen LogP contribution in [-0.4, -0.2) is 52.2 Å². The lowest BCUT2D eigenvalue weighted by molar-refractivity contribution is -0.123. The maximum absolute atomic E-state index is 11.7. The van der Waals surface area contributed by atoms with Crippen molar-refractivity contribution in [3.8, 4) is 5.75 Å². The molecular formula is C17H24N2O4. The Hall–Kier alpha value is -2.08. The number of nitrogens with one attached hydrogen (secondary N) is 1. The van der Waals surface area contributed by atoms with Crippen LogP contribution >= 0.6 is 0 Å². The Bertz CT molecular complexity index is 533. The van der Waals surface area contributed by atoms with Crippen molar-refractivity contribution in [1.29, 1.82) is 0 Å². The summed E-state index contributed by atoms with van der Waals surface area (Å²) in [5.41, 5.74) is 2.50. The summed E-state index contributed by atoms with van der Waals surface area (Å²) in [6, 6.07) is 5.96. The van der Waals surface area contributed by atoms with Gasteiger partial charge in [0, 0.05) is 32.2 Å². The van der Waals surface area contributed by atoms with E-state index >= 15 is 0 Å². The number of aldehydes is 1. The second-order valence-corrected chi connectivity index (χ2v) is 5.52. The number of nitrogens with zero attached hydrogens (tertiary/aromatic N) is 1. The van der Waals surface area contributed by atoms with Gasteiger partial charge in [0.25, 0.3) is 5.91 Å². The van der Waals surface area contributed by atoms with Gasteiger partial charge in [0.1, 0.15) is 12.0 Å². The number of carbonyl (C=O) groups excluding carboxylic acids is 2. The van der Waals surface area contributed by atoms with Gasteiger partial charge in [0.05, 0.1) is 13.2 Å². The fourth-order valence-corrected chi connectivity index (χ4v) is 2.55. The van der Waals surface area contributed by atoms with Crippen LogP contribution in [0.5, 0.6) is 5.75 Å². The molecule has 1 aliphatic rings. The molecule has 1 N–H and O–H groups in total. The van der Waals surface area contributed by atoms with Crippen LogP contribution in [-0.2, 0) is 20.7 Å². The lowest BCUT2D eigenvalue weighted by Gasteiger charge is -2.27. The van der Waals surface area contributed by atoms with E-state index in [2.05, 4.69) is 17.3 Å². The zero-order valence-corrected chi connectivity index (χ0v) is 13.5. The molecule has 0 fully saturated rings. The van der Waals surface area contributed by atoms with E-state index in [0.29, 0.717) is 26.2 Å². The summed E-state index contributed by atoms with van der Waals surface area (Å²) in [7, 11) is 2.09. The molecule has 0 radical (unpaired) electrons. The summed E-state index contributed by atoms with van der Waals surface area (Å²) in [5, 5.41) is 2.71. The maximum atomic E-state index is 11.7.